The van der Waals surface area contributed by atoms with E-state index in [2.05, 4.69) is 0 Å². The molecule has 0 aromatic heterocycles. The van der Waals surface area contributed by atoms with Crippen LogP contribution < -0.4 is 12.9 Å². The Morgan fingerprint density at radius 3 is 2.04 bits per heavy atom. The molecule has 0 aliphatic carbocycles. The number of nitrogens with zero attached hydrogens (tertiary/aromatic N) is 1. The van der Waals surface area contributed by atoms with Gasteiger partial charge in [0.2, 0.25) is 0 Å². The van der Waals surface area contributed by atoms with Crippen LogP contribution in [0.5, 0.6) is 0 Å². The molecule has 0 spiro atoms. The molecule has 26 heavy (non-hydrogen) atoms. The second-order valence-corrected chi connectivity index (χ2v) is 15.5. The molecular formula is C20H24N2O3Sn. The van der Waals surface area contributed by atoms with Crippen molar-refractivity contribution < 1.29 is 12.7 Å². The predicted octanol–water partition coefficient (Wildman–Crippen LogP) is 1.00. The zero-order valence-electron chi connectivity index (χ0n) is 15.1. The van der Waals surface area contributed by atoms with Gasteiger partial charge in [-0.15, -0.1) is 0 Å². The molecule has 0 saturated carbocycles. The van der Waals surface area contributed by atoms with E-state index in [-0.39, 0.29) is 24.3 Å². The Morgan fingerprint density at radius 2 is 1.62 bits per heavy atom. The van der Waals surface area contributed by atoms with Gasteiger partial charge in [-0.3, -0.25) is 0 Å². The van der Waals surface area contributed by atoms with Crippen LogP contribution in [0.1, 0.15) is 20.3 Å². The molecule has 3 rings (SSSR count). The normalized spacial score (nSPS) is 19.9. The van der Waals surface area contributed by atoms with E-state index in [9.17, 15) is 9.59 Å². The fourth-order valence-electron chi connectivity index (χ4n) is 3.59. The van der Waals surface area contributed by atoms with E-state index in [1.165, 1.54) is 0 Å². The number of rotatable bonds is 5. The maximum absolute atomic E-state index is 13.0. The van der Waals surface area contributed by atoms with Gasteiger partial charge >= 0.3 is 159 Å². The molecule has 6 heteroatoms. The average Bonchev–Trinajstić information content (AvgIpc) is 3.02. The van der Waals surface area contributed by atoms with E-state index in [1.807, 2.05) is 74.5 Å². The summed E-state index contributed by atoms with van der Waals surface area (Å²) in [6.07, 6.45) is 0.777. The summed E-state index contributed by atoms with van der Waals surface area (Å²) in [4.78, 5) is 25.9. The third kappa shape index (κ3) is 3.03. The number of nitrogens with two attached hydrogens (primary N) is 1. The SMILES string of the molecule is CC[C@H](C)[C@H]1C(=O)[O][Sn]([c]2ccccc2)([c]2ccccc2)[N]1C(=O)CN. The summed E-state index contributed by atoms with van der Waals surface area (Å²) < 4.78 is 9.85. The van der Waals surface area contributed by atoms with Gasteiger partial charge in [-0.1, -0.05) is 0 Å². The molecule has 1 aliphatic heterocycles. The summed E-state index contributed by atoms with van der Waals surface area (Å²) in [5, 5.41) is 0. The molecule has 2 atom stereocenters. The van der Waals surface area contributed by atoms with Crippen molar-refractivity contribution in [2.75, 3.05) is 6.54 Å². The Bertz CT molecular complexity index is 741. The molecule has 1 fully saturated rings. The summed E-state index contributed by atoms with van der Waals surface area (Å²) in [6, 6.07) is 18.8. The summed E-state index contributed by atoms with van der Waals surface area (Å²) in [5.74, 6) is -0.515. The topological polar surface area (TPSA) is 72.6 Å². The summed E-state index contributed by atoms with van der Waals surface area (Å²) >= 11 is -4.25. The molecule has 136 valence electrons. The van der Waals surface area contributed by atoms with Crippen molar-refractivity contribution in [1.29, 1.82) is 0 Å². The molecule has 2 N–H and O–H groups in total. The second-order valence-electron chi connectivity index (χ2n) is 6.60. The fraction of sp³-hybridized carbons (Fsp3) is 0.300. The van der Waals surface area contributed by atoms with E-state index in [1.54, 1.807) is 3.12 Å². The first-order valence-electron chi connectivity index (χ1n) is 8.92. The van der Waals surface area contributed by atoms with Gasteiger partial charge in [0.05, 0.1) is 0 Å². The number of carbonyl (C=O) groups excluding carboxylic acids is 2. The maximum atomic E-state index is 13.0. The fourth-order valence-corrected chi connectivity index (χ4v) is 15.3. The van der Waals surface area contributed by atoms with Crippen molar-refractivity contribution in [3.63, 3.8) is 0 Å². The molecular weight excluding hydrogens is 435 g/mol. The van der Waals surface area contributed by atoms with Crippen molar-refractivity contribution in [3.05, 3.63) is 60.7 Å². The summed E-state index contributed by atoms with van der Waals surface area (Å²) in [7, 11) is 0. The van der Waals surface area contributed by atoms with Crippen molar-refractivity contribution in [2.24, 2.45) is 11.7 Å². The molecule has 5 nitrogen and oxygen atoms in total. The van der Waals surface area contributed by atoms with Crippen LogP contribution in [0.4, 0.5) is 0 Å². The van der Waals surface area contributed by atoms with E-state index in [0.717, 1.165) is 13.6 Å². The third-order valence-corrected chi connectivity index (χ3v) is 16.3. The third-order valence-electron chi connectivity index (χ3n) is 5.06. The zero-order chi connectivity index (χ0) is 18.7. The molecule has 1 heterocycles. The van der Waals surface area contributed by atoms with Gasteiger partial charge in [0.25, 0.3) is 0 Å². The van der Waals surface area contributed by atoms with Gasteiger partial charge in [0.1, 0.15) is 0 Å². The number of hydrogen-bond donors (Lipinski definition) is 1. The van der Waals surface area contributed by atoms with Crippen molar-refractivity contribution in [1.82, 2.24) is 3.12 Å². The molecule has 0 radical (unpaired) electrons. The Morgan fingerprint density at radius 1 is 1.12 bits per heavy atom. The molecule has 2 aromatic rings. The van der Waals surface area contributed by atoms with E-state index >= 15 is 0 Å². The Labute approximate surface area is 158 Å². The Balaban J connectivity index is 2.28. The first kappa shape index (κ1) is 18.9. The number of benzene rings is 2. The molecule has 1 amide bonds. The van der Waals surface area contributed by atoms with Gasteiger partial charge in [0, 0.05) is 0 Å². The van der Waals surface area contributed by atoms with Gasteiger partial charge < -0.3 is 0 Å². The van der Waals surface area contributed by atoms with E-state index in [4.69, 9.17) is 8.81 Å². The van der Waals surface area contributed by atoms with Gasteiger partial charge in [-0.2, -0.15) is 0 Å². The monoisotopic (exact) mass is 460 g/mol. The zero-order valence-corrected chi connectivity index (χ0v) is 17.9. The predicted molar refractivity (Wildman–Crippen MR) is 103 cm³/mol. The standard InChI is InChI=1S/C8H16N2O3.2C6H5.Sn/c1-3-5(2)7(8(12)13)10-6(11)4-9;2*1-2-4-6-5-3-1;/h5,7H,3-4,9H2,1-2H3,(H2,10,11,12,13);2*1-5H;/q;;;+2/p-2/t5-,7-;;;/m0.../s1. The Kier molecular flexibility index (Phi) is 5.67. The molecule has 1 aliphatic rings. The Hall–Kier alpha value is -1.86. The molecule has 0 unspecified atom stereocenters. The number of carbonyl (C=O) groups is 2. The van der Waals surface area contributed by atoms with Crippen LogP contribution in [0.15, 0.2) is 60.7 Å². The molecule has 1 saturated heterocycles. The van der Waals surface area contributed by atoms with Crippen LogP contribution in [-0.2, 0) is 12.7 Å². The van der Waals surface area contributed by atoms with Crippen molar-refractivity contribution in [2.45, 2.75) is 26.3 Å². The van der Waals surface area contributed by atoms with E-state index < -0.39 is 25.1 Å². The number of hydrogen-bond acceptors (Lipinski definition) is 4. The van der Waals surface area contributed by atoms with Gasteiger partial charge in [-0.05, 0) is 0 Å². The minimum atomic E-state index is -4.25. The first-order chi connectivity index (χ1) is 12.6. The van der Waals surface area contributed by atoms with Crippen LogP contribution in [0.2, 0.25) is 0 Å². The second kappa shape index (κ2) is 7.80. The number of amides is 1. The van der Waals surface area contributed by atoms with Crippen LogP contribution >= 0.6 is 0 Å². The van der Waals surface area contributed by atoms with E-state index in [0.29, 0.717) is 0 Å². The first-order valence-corrected chi connectivity index (χ1v) is 14.2. The minimum absolute atomic E-state index is 0.00370. The van der Waals surface area contributed by atoms with Crippen LogP contribution in [0, 0.1) is 5.92 Å². The molecule has 0 bridgehead atoms. The van der Waals surface area contributed by atoms with Crippen LogP contribution in [0.25, 0.3) is 0 Å². The molecule has 2 aromatic carbocycles. The van der Waals surface area contributed by atoms with Gasteiger partial charge in [0.15, 0.2) is 0 Å². The van der Waals surface area contributed by atoms with Crippen molar-refractivity contribution >= 4 is 38.1 Å². The van der Waals surface area contributed by atoms with Crippen LogP contribution in [0.3, 0.4) is 0 Å². The van der Waals surface area contributed by atoms with Crippen LogP contribution in [-0.4, -0.2) is 46.6 Å². The van der Waals surface area contributed by atoms with Gasteiger partial charge in [-0.25, -0.2) is 0 Å². The summed E-state index contributed by atoms with van der Waals surface area (Å²) in [5.41, 5.74) is 5.75. The quantitative estimate of drug-likeness (QED) is 0.678. The van der Waals surface area contributed by atoms with Crippen molar-refractivity contribution in [3.8, 4) is 0 Å². The average molecular weight is 459 g/mol. The summed E-state index contributed by atoms with van der Waals surface area (Å²) in [6.45, 7) is 3.87.